The molecule has 0 spiro atoms. The Morgan fingerprint density at radius 2 is 1.80 bits per heavy atom. The van der Waals surface area contributed by atoms with Gasteiger partial charge in [-0.05, 0) is 61.4 Å². The minimum Gasteiger partial charge on any atom is -0.479 e. The van der Waals surface area contributed by atoms with Crippen molar-refractivity contribution in [3.05, 3.63) is 83.7 Å². The number of hydrogen-bond acceptors (Lipinski definition) is 15. The molecule has 20 heteroatoms. The Hall–Kier alpha value is -5.30. The number of carbonyl (C=O) groups excluding carboxylic acids is 2. The monoisotopic (exact) mass is 800 g/mol. The molecule has 7 atom stereocenters. The summed E-state index contributed by atoms with van der Waals surface area (Å²) < 4.78 is 76.4. The number of aliphatic hydroxyl groups excluding tert-OH is 1. The Morgan fingerprint density at radius 1 is 1.07 bits per heavy atom. The lowest BCUT2D eigenvalue weighted by Gasteiger charge is -2.27. The van der Waals surface area contributed by atoms with Gasteiger partial charge in [0.1, 0.15) is 47.8 Å². The van der Waals surface area contributed by atoms with Gasteiger partial charge in [-0.15, -0.1) is 0 Å². The molecule has 0 saturated carbocycles. The van der Waals surface area contributed by atoms with Crippen LogP contribution in [0.2, 0.25) is 0 Å². The number of nitrogens with two attached hydrogens (primary N) is 1. The standard InChI is InChI=1S/C36H39F2N6O11P/c1-18(32(46)51-5)20-6-7-22-13-25(11-9-21(22)12-20)55-56(49,43-19(2)33(47)52-15-23-8-10-24(37)14-26(23)38)53-16-27-29(45)36(3,48)34(54-27)44-17-40-28-30(44)41-35(39)42-31(28)50-4/h6-14,17-19,27,29,34,45,48H,15-16H2,1-5H3,(H,43,49)(H2,39,41,42). The maximum Gasteiger partial charge on any atom is 0.459 e. The predicted molar refractivity (Wildman–Crippen MR) is 194 cm³/mol. The largest absolute Gasteiger partial charge is 0.479 e. The number of rotatable bonds is 14. The Morgan fingerprint density at radius 3 is 2.52 bits per heavy atom. The first kappa shape index (κ1) is 40.4. The van der Waals surface area contributed by atoms with Gasteiger partial charge in [-0.25, -0.2) is 18.3 Å². The van der Waals surface area contributed by atoms with E-state index in [0.29, 0.717) is 22.4 Å². The van der Waals surface area contributed by atoms with Crippen molar-refractivity contribution in [2.24, 2.45) is 0 Å². The predicted octanol–water partition coefficient (Wildman–Crippen LogP) is 4.06. The maximum atomic E-state index is 14.5. The molecule has 0 aliphatic carbocycles. The highest BCUT2D eigenvalue weighted by Gasteiger charge is 2.54. The fraction of sp³-hybridized carbons (Fsp3) is 0.361. The molecule has 6 rings (SSSR count). The molecule has 1 aliphatic heterocycles. The first-order valence-corrected chi connectivity index (χ1v) is 18.6. The van der Waals surface area contributed by atoms with Crippen molar-refractivity contribution >= 4 is 47.6 Å². The molecule has 298 valence electrons. The lowest BCUT2D eigenvalue weighted by Crippen LogP contribution is -2.44. The summed E-state index contributed by atoms with van der Waals surface area (Å²) in [4.78, 5) is 37.5. The molecule has 1 aliphatic rings. The van der Waals surface area contributed by atoms with Gasteiger partial charge in [-0.1, -0.05) is 24.3 Å². The Bertz CT molecular complexity index is 2330. The molecule has 17 nitrogen and oxygen atoms in total. The van der Waals surface area contributed by atoms with Crippen LogP contribution in [0.1, 0.15) is 44.0 Å². The molecule has 0 bridgehead atoms. The van der Waals surface area contributed by atoms with Crippen molar-refractivity contribution in [3.63, 3.8) is 0 Å². The first-order valence-electron chi connectivity index (χ1n) is 17.1. The molecule has 5 aromatic rings. The van der Waals surface area contributed by atoms with Crippen molar-refractivity contribution in [2.45, 2.75) is 63.4 Å². The highest BCUT2D eigenvalue weighted by molar-refractivity contribution is 7.52. The van der Waals surface area contributed by atoms with E-state index in [1.54, 1.807) is 37.3 Å². The number of nitrogens with one attached hydrogen (secondary N) is 1. The molecule has 3 aromatic carbocycles. The van der Waals surface area contributed by atoms with Crippen molar-refractivity contribution in [1.82, 2.24) is 24.6 Å². The topological polar surface area (TPSA) is 229 Å². The first-order chi connectivity index (χ1) is 26.5. The molecule has 5 N–H and O–H groups in total. The van der Waals surface area contributed by atoms with Gasteiger partial charge in [-0.3, -0.25) is 18.7 Å². The van der Waals surface area contributed by atoms with E-state index in [1.807, 2.05) is 0 Å². The van der Waals surface area contributed by atoms with Crippen LogP contribution < -0.4 is 20.1 Å². The van der Waals surface area contributed by atoms with E-state index >= 15 is 0 Å². The summed E-state index contributed by atoms with van der Waals surface area (Å²) in [6, 6.07) is 11.3. The van der Waals surface area contributed by atoms with Gasteiger partial charge in [0.15, 0.2) is 17.4 Å². The molecule has 0 radical (unpaired) electrons. The number of nitrogens with zero attached hydrogens (tertiary/aromatic N) is 4. The summed E-state index contributed by atoms with van der Waals surface area (Å²) in [5, 5.41) is 26.5. The third-order valence-corrected chi connectivity index (χ3v) is 10.9. The smallest absolute Gasteiger partial charge is 0.459 e. The number of methoxy groups -OCH3 is 2. The van der Waals surface area contributed by atoms with Crippen molar-refractivity contribution in [2.75, 3.05) is 26.6 Å². The number of nitrogen functional groups attached to an aromatic ring is 1. The number of fused-ring (bicyclic) bond motifs is 2. The minimum atomic E-state index is -4.62. The number of aromatic nitrogens is 4. The fourth-order valence-electron chi connectivity index (χ4n) is 6.08. The zero-order valence-electron chi connectivity index (χ0n) is 30.7. The van der Waals surface area contributed by atoms with E-state index in [4.69, 9.17) is 33.7 Å². The quantitative estimate of drug-likeness (QED) is 0.0917. The van der Waals surface area contributed by atoms with Gasteiger partial charge in [0.25, 0.3) is 0 Å². The van der Waals surface area contributed by atoms with Crippen LogP contribution in [-0.4, -0.2) is 86.3 Å². The summed E-state index contributed by atoms with van der Waals surface area (Å²) in [5.74, 6) is -3.73. The summed E-state index contributed by atoms with van der Waals surface area (Å²) >= 11 is 0. The summed E-state index contributed by atoms with van der Waals surface area (Å²) in [6.45, 7) is 3.08. The molecule has 3 heterocycles. The van der Waals surface area contributed by atoms with E-state index in [9.17, 15) is 33.1 Å². The molecule has 1 fully saturated rings. The molecule has 1 saturated heterocycles. The van der Waals surface area contributed by atoms with Gasteiger partial charge >= 0.3 is 19.7 Å². The van der Waals surface area contributed by atoms with Crippen LogP contribution in [0.3, 0.4) is 0 Å². The van der Waals surface area contributed by atoms with Crippen molar-refractivity contribution in [3.8, 4) is 11.6 Å². The van der Waals surface area contributed by atoms with Crippen LogP contribution in [0, 0.1) is 11.6 Å². The number of hydrogen-bond donors (Lipinski definition) is 4. The zero-order chi connectivity index (χ0) is 40.5. The van der Waals surface area contributed by atoms with E-state index in [2.05, 4.69) is 20.0 Å². The lowest BCUT2D eigenvalue weighted by molar-refractivity contribution is -0.146. The van der Waals surface area contributed by atoms with Crippen LogP contribution in [0.5, 0.6) is 11.6 Å². The lowest BCUT2D eigenvalue weighted by atomic mass is 9.96. The fourth-order valence-corrected chi connectivity index (χ4v) is 7.58. The number of benzene rings is 3. The third-order valence-electron chi connectivity index (χ3n) is 9.22. The van der Waals surface area contributed by atoms with Gasteiger partial charge in [-0.2, -0.15) is 15.1 Å². The summed E-state index contributed by atoms with van der Waals surface area (Å²) in [7, 11) is -1.96. The summed E-state index contributed by atoms with van der Waals surface area (Å²) in [6.07, 6.45) is -3.02. The van der Waals surface area contributed by atoms with E-state index in [-0.39, 0.29) is 34.3 Å². The zero-order valence-corrected chi connectivity index (χ0v) is 31.6. The molecular weight excluding hydrogens is 761 g/mol. The van der Waals surface area contributed by atoms with Crippen molar-refractivity contribution < 1.29 is 61.1 Å². The number of aliphatic hydroxyl groups is 2. The number of esters is 2. The van der Waals surface area contributed by atoms with Crippen molar-refractivity contribution in [1.29, 1.82) is 0 Å². The molecule has 7 unspecified atom stereocenters. The average molecular weight is 801 g/mol. The van der Waals surface area contributed by atoms with Gasteiger partial charge in [0, 0.05) is 11.6 Å². The normalized spacial score (nSPS) is 21.7. The van der Waals surface area contributed by atoms with Crippen LogP contribution in [0.25, 0.3) is 21.9 Å². The Balaban J connectivity index is 1.24. The third kappa shape index (κ3) is 8.28. The highest BCUT2D eigenvalue weighted by atomic mass is 31.2. The van der Waals surface area contributed by atoms with Gasteiger partial charge in [0.05, 0.1) is 33.1 Å². The number of ether oxygens (including phenoxy) is 4. The average Bonchev–Trinajstić information content (AvgIpc) is 3.68. The number of halogens is 2. The molecule has 0 amide bonds. The second kappa shape index (κ2) is 16.0. The molecule has 56 heavy (non-hydrogen) atoms. The molecular formula is C36H39F2N6O11P. The maximum absolute atomic E-state index is 14.5. The Labute approximate surface area is 318 Å². The van der Waals surface area contributed by atoms with Crippen LogP contribution in [0.4, 0.5) is 14.7 Å². The summed E-state index contributed by atoms with van der Waals surface area (Å²) in [5.41, 5.74) is 4.77. The minimum absolute atomic E-state index is 0.0323. The van der Waals surface area contributed by atoms with Gasteiger partial charge < -0.3 is 39.4 Å². The van der Waals surface area contributed by atoms with E-state index in [1.165, 1.54) is 45.0 Å². The highest BCUT2D eigenvalue weighted by Crippen LogP contribution is 2.48. The van der Waals surface area contributed by atoms with Crippen LogP contribution >= 0.6 is 7.75 Å². The van der Waals surface area contributed by atoms with Crippen LogP contribution in [0.15, 0.2) is 60.9 Å². The number of anilines is 1. The SMILES string of the molecule is COC(=O)C(C)c1ccc2cc(OP(=O)(NC(C)C(=O)OCc3ccc(F)cc3F)OCC3OC(n4cnc5c(OC)nc(N)nc54)C(C)(O)C3O)ccc2c1. The van der Waals surface area contributed by atoms with E-state index in [0.717, 1.165) is 12.1 Å². The van der Waals surface area contributed by atoms with Gasteiger partial charge in [0.2, 0.25) is 11.8 Å². The Kier molecular flexibility index (Phi) is 11.6. The second-order valence-electron chi connectivity index (χ2n) is 13.2. The molecule has 2 aromatic heterocycles. The number of carbonyl (C=O) groups is 2. The second-order valence-corrected chi connectivity index (χ2v) is 14.9. The van der Waals surface area contributed by atoms with E-state index < -0.39 is 80.5 Å². The van der Waals surface area contributed by atoms with Crippen LogP contribution in [-0.2, 0) is 39.5 Å². The number of imidazole rings is 1.